The fourth-order valence-electron chi connectivity index (χ4n) is 1.30. The molecule has 0 radical (unpaired) electrons. The maximum absolute atomic E-state index is 11.5. The predicted octanol–water partition coefficient (Wildman–Crippen LogP) is 3.33. The lowest BCUT2D eigenvalue weighted by Crippen LogP contribution is -2.24. The lowest BCUT2D eigenvalue weighted by atomic mass is 10.3. The Labute approximate surface area is 132 Å². The fraction of sp³-hybridized carbons (Fsp3) is 0.0769. The normalized spacial score (nSPS) is 10.7. The van der Waals surface area contributed by atoms with Crippen LogP contribution in [0.4, 0.5) is 0 Å². The van der Waals surface area contributed by atoms with Crippen molar-refractivity contribution in [1.29, 1.82) is 0 Å². The summed E-state index contributed by atoms with van der Waals surface area (Å²) in [6.07, 6.45) is 1.40. The van der Waals surface area contributed by atoms with Crippen molar-refractivity contribution in [3.05, 3.63) is 51.3 Å². The van der Waals surface area contributed by atoms with E-state index in [1.54, 1.807) is 24.3 Å². The zero-order chi connectivity index (χ0) is 14.4. The smallest absolute Gasteiger partial charge is 0.277 e. The largest absolute Gasteiger partial charge is 0.484 e. The van der Waals surface area contributed by atoms with Crippen LogP contribution in [0.5, 0.6) is 5.75 Å². The molecule has 0 bridgehead atoms. The molecule has 0 unspecified atom stereocenters. The minimum absolute atomic E-state index is 0.115. The number of hydrogen-bond donors (Lipinski definition) is 1. The van der Waals surface area contributed by atoms with Crippen molar-refractivity contribution < 1.29 is 13.9 Å². The summed E-state index contributed by atoms with van der Waals surface area (Å²) >= 11 is 6.49. The van der Waals surface area contributed by atoms with Crippen LogP contribution in [0.3, 0.4) is 0 Å². The van der Waals surface area contributed by atoms with Gasteiger partial charge in [0.25, 0.3) is 5.91 Å². The summed E-state index contributed by atoms with van der Waals surface area (Å²) in [6, 6.07) is 10.7. The van der Waals surface area contributed by atoms with Gasteiger partial charge in [0.05, 0.1) is 6.21 Å². The van der Waals surface area contributed by atoms with Crippen LogP contribution in [0.15, 0.2) is 55.1 Å². The summed E-state index contributed by atoms with van der Waals surface area (Å²) in [5.74, 6) is 0.783. The maximum atomic E-state index is 11.5. The van der Waals surface area contributed by atoms with E-state index in [1.165, 1.54) is 6.21 Å². The van der Waals surface area contributed by atoms with Crippen LogP contribution in [0, 0.1) is 0 Å². The summed E-state index contributed by atoms with van der Waals surface area (Å²) in [5, 5.41) is 3.76. The minimum Gasteiger partial charge on any atom is -0.484 e. The fourth-order valence-corrected chi connectivity index (χ4v) is 2.00. The predicted molar refractivity (Wildman–Crippen MR) is 81.8 cm³/mol. The molecule has 20 heavy (non-hydrogen) atoms. The Morgan fingerprint density at radius 3 is 2.90 bits per heavy atom. The molecule has 0 fully saturated rings. The maximum Gasteiger partial charge on any atom is 0.277 e. The molecular weight excluding hydrogens is 392 g/mol. The number of carbonyl (C=O) groups is 1. The van der Waals surface area contributed by atoms with Crippen LogP contribution in [-0.4, -0.2) is 18.7 Å². The Morgan fingerprint density at radius 1 is 1.35 bits per heavy atom. The van der Waals surface area contributed by atoms with Crippen molar-refractivity contribution in [3.63, 3.8) is 0 Å². The van der Waals surface area contributed by atoms with Crippen LogP contribution in [0.1, 0.15) is 5.76 Å². The summed E-state index contributed by atoms with van der Waals surface area (Å²) in [4.78, 5) is 11.5. The number of amides is 1. The number of hydrazone groups is 1. The third kappa shape index (κ3) is 4.82. The highest BCUT2D eigenvalue weighted by Gasteiger charge is 2.02. The monoisotopic (exact) mass is 400 g/mol. The van der Waals surface area contributed by atoms with Gasteiger partial charge in [0.2, 0.25) is 0 Å². The molecular formula is C13H10Br2N2O3. The van der Waals surface area contributed by atoms with Gasteiger partial charge in [0, 0.05) is 4.47 Å². The van der Waals surface area contributed by atoms with E-state index in [0.29, 0.717) is 16.2 Å². The Kier molecular flexibility index (Phi) is 5.37. The first-order chi connectivity index (χ1) is 9.63. The second kappa shape index (κ2) is 7.25. The topological polar surface area (TPSA) is 63.8 Å². The van der Waals surface area contributed by atoms with Gasteiger partial charge >= 0.3 is 0 Å². The number of rotatable bonds is 5. The number of ether oxygens (including phenoxy) is 1. The van der Waals surface area contributed by atoms with Gasteiger partial charge < -0.3 is 9.15 Å². The molecule has 5 nitrogen and oxygen atoms in total. The number of nitrogens with one attached hydrogen (secondary N) is 1. The molecule has 0 aliphatic rings. The van der Waals surface area contributed by atoms with Gasteiger partial charge in [-0.2, -0.15) is 5.10 Å². The van der Waals surface area contributed by atoms with Gasteiger partial charge in [-0.3, -0.25) is 4.79 Å². The number of nitrogens with zero attached hydrogens (tertiary/aromatic N) is 1. The van der Waals surface area contributed by atoms with E-state index in [0.717, 1.165) is 4.47 Å². The quantitative estimate of drug-likeness (QED) is 0.617. The summed E-state index contributed by atoms with van der Waals surface area (Å²) in [6.45, 7) is -0.115. The van der Waals surface area contributed by atoms with E-state index >= 15 is 0 Å². The lowest BCUT2D eigenvalue weighted by Gasteiger charge is -2.04. The number of benzene rings is 1. The van der Waals surface area contributed by atoms with Crippen molar-refractivity contribution in [2.75, 3.05) is 6.61 Å². The van der Waals surface area contributed by atoms with Gasteiger partial charge in [0.15, 0.2) is 11.3 Å². The second-order valence-electron chi connectivity index (χ2n) is 3.68. The van der Waals surface area contributed by atoms with Crippen LogP contribution < -0.4 is 10.2 Å². The molecule has 1 aromatic heterocycles. The number of hydrogen-bond acceptors (Lipinski definition) is 4. The standard InChI is InChI=1S/C13H10Br2N2O3/c14-9-2-1-3-10(6-9)19-8-13(18)17-16-7-11-4-5-12(15)20-11/h1-7H,8H2,(H,17,18)/b16-7-. The first-order valence-corrected chi connectivity index (χ1v) is 7.18. The Morgan fingerprint density at radius 2 is 2.20 bits per heavy atom. The SMILES string of the molecule is O=C(COc1cccc(Br)c1)N/N=C\c1ccc(Br)o1. The highest BCUT2D eigenvalue weighted by Crippen LogP contribution is 2.17. The van der Waals surface area contributed by atoms with Crippen LogP contribution >= 0.6 is 31.9 Å². The van der Waals surface area contributed by atoms with Crippen molar-refractivity contribution in [2.45, 2.75) is 0 Å². The molecule has 0 aliphatic heterocycles. The van der Waals surface area contributed by atoms with E-state index < -0.39 is 0 Å². The third-order valence-electron chi connectivity index (χ3n) is 2.14. The van der Waals surface area contributed by atoms with E-state index in [4.69, 9.17) is 9.15 Å². The van der Waals surface area contributed by atoms with Gasteiger partial charge in [-0.25, -0.2) is 5.43 Å². The molecule has 2 aromatic rings. The lowest BCUT2D eigenvalue weighted by molar-refractivity contribution is -0.123. The molecule has 1 aromatic carbocycles. The van der Waals surface area contributed by atoms with Gasteiger partial charge in [0.1, 0.15) is 11.5 Å². The average Bonchev–Trinajstić information content (AvgIpc) is 2.82. The Balaban J connectivity index is 1.77. The van der Waals surface area contributed by atoms with E-state index in [9.17, 15) is 4.79 Å². The highest BCUT2D eigenvalue weighted by atomic mass is 79.9. The molecule has 0 atom stereocenters. The first-order valence-electron chi connectivity index (χ1n) is 5.59. The molecule has 1 amide bonds. The number of carbonyl (C=O) groups excluding carboxylic acids is 1. The van der Waals surface area contributed by atoms with E-state index in [-0.39, 0.29) is 12.5 Å². The summed E-state index contributed by atoms with van der Waals surface area (Å²) < 4.78 is 12.0. The molecule has 0 aliphatic carbocycles. The molecule has 2 rings (SSSR count). The molecule has 1 heterocycles. The molecule has 104 valence electrons. The Hall–Kier alpha value is -1.60. The molecule has 7 heteroatoms. The Bertz CT molecular complexity index is 626. The van der Waals surface area contributed by atoms with Gasteiger partial charge in [-0.05, 0) is 46.3 Å². The highest BCUT2D eigenvalue weighted by molar-refractivity contribution is 9.10. The van der Waals surface area contributed by atoms with Crippen LogP contribution in [-0.2, 0) is 4.79 Å². The van der Waals surface area contributed by atoms with Gasteiger partial charge in [-0.1, -0.05) is 22.0 Å². The second-order valence-corrected chi connectivity index (χ2v) is 5.38. The first kappa shape index (κ1) is 14.8. The average molecular weight is 402 g/mol. The van der Waals surface area contributed by atoms with Gasteiger partial charge in [-0.15, -0.1) is 0 Å². The molecule has 0 spiro atoms. The van der Waals surface area contributed by atoms with Crippen molar-refractivity contribution in [2.24, 2.45) is 5.10 Å². The number of furan rings is 1. The molecule has 1 N–H and O–H groups in total. The summed E-state index contributed by atoms with van der Waals surface area (Å²) in [5.41, 5.74) is 2.34. The van der Waals surface area contributed by atoms with Crippen molar-refractivity contribution >= 4 is 44.0 Å². The minimum atomic E-state index is -0.355. The van der Waals surface area contributed by atoms with E-state index in [1.807, 2.05) is 12.1 Å². The third-order valence-corrected chi connectivity index (χ3v) is 3.06. The molecule has 0 saturated heterocycles. The zero-order valence-electron chi connectivity index (χ0n) is 10.2. The van der Waals surface area contributed by atoms with Crippen molar-refractivity contribution in [1.82, 2.24) is 5.43 Å². The van der Waals surface area contributed by atoms with Crippen molar-refractivity contribution in [3.8, 4) is 5.75 Å². The van der Waals surface area contributed by atoms with Crippen LogP contribution in [0.25, 0.3) is 0 Å². The summed E-state index contributed by atoms with van der Waals surface area (Å²) in [7, 11) is 0. The van der Waals surface area contributed by atoms with Crippen LogP contribution in [0.2, 0.25) is 0 Å². The molecule has 0 saturated carbocycles. The zero-order valence-corrected chi connectivity index (χ0v) is 13.3. The van der Waals surface area contributed by atoms with E-state index in [2.05, 4.69) is 42.4 Å². The number of halogens is 2.